The Labute approximate surface area is 414 Å². The number of benzene rings is 10. The van der Waals surface area contributed by atoms with E-state index in [1.54, 1.807) is 0 Å². The highest BCUT2D eigenvalue weighted by atomic mass is 15.0. The molecule has 0 amide bonds. The molecule has 3 heterocycles. The molecule has 10 heteroatoms. The van der Waals surface area contributed by atoms with Crippen molar-refractivity contribution in [3.8, 4) is 50.4 Å². The maximum Gasteiger partial charge on any atom is 0.115 e. The van der Waals surface area contributed by atoms with Crippen LogP contribution < -0.4 is 38.2 Å². The second-order valence-corrected chi connectivity index (χ2v) is 18.0. The summed E-state index contributed by atoms with van der Waals surface area (Å²) in [5.74, 6) is 0. The smallest absolute Gasteiger partial charge is 0.115 e. The monoisotopic (exact) mass is 871 g/mol. The molecule has 0 fully saturated rings. The fourth-order valence-electron chi connectivity index (χ4n) is 11.0. The molecule has 0 aliphatic carbocycles. The largest absolute Gasteiger partial charge is 0.311 e. The molecule has 10 aromatic carbocycles. The highest BCUT2D eigenvalue weighted by Gasteiger charge is 2.26. The van der Waals surface area contributed by atoms with Gasteiger partial charge < -0.3 is 13.7 Å². The van der Waals surface area contributed by atoms with Gasteiger partial charge in [0.25, 0.3) is 0 Å². The zero-order valence-corrected chi connectivity index (χ0v) is 37.9. The molecule has 0 aliphatic heterocycles. The summed E-state index contributed by atoms with van der Waals surface area (Å²) in [6.45, 7) is 0. The molecule has 0 spiro atoms. The van der Waals surface area contributed by atoms with Gasteiger partial charge in [-0.2, -0.15) is 0 Å². The van der Waals surface area contributed by atoms with Gasteiger partial charge >= 0.3 is 0 Å². The quantitative estimate of drug-likeness (QED) is 0.154. The van der Waals surface area contributed by atoms with Crippen molar-refractivity contribution in [3.05, 3.63) is 194 Å². The molecule has 3 nitrogen and oxygen atoms in total. The third-order valence-electron chi connectivity index (χ3n) is 14.2. The lowest BCUT2D eigenvalue weighted by molar-refractivity contribution is 1.15. The van der Waals surface area contributed by atoms with Crippen LogP contribution in [0.15, 0.2) is 194 Å². The topological polar surface area (TPSA) is 14.8 Å². The minimum atomic E-state index is 0.171. The Kier molecular flexibility index (Phi) is 9.68. The lowest BCUT2D eigenvalue weighted by atomic mass is 9.64. The summed E-state index contributed by atoms with van der Waals surface area (Å²) < 4.78 is 6.65. The molecule has 0 aliphatic rings. The molecule has 3 aromatic heterocycles. The van der Waals surface area contributed by atoms with Crippen LogP contribution in [0, 0.1) is 0 Å². The minimum absolute atomic E-state index is 0.171. The molecular formula is C60H32B7N3. The average molecular weight is 871 g/mol. The summed E-state index contributed by atoms with van der Waals surface area (Å²) in [6, 6.07) is 67.5. The highest BCUT2D eigenvalue weighted by Crippen LogP contribution is 2.42. The Morgan fingerprint density at radius 2 is 0.771 bits per heavy atom. The minimum Gasteiger partial charge on any atom is -0.311 e. The lowest BCUT2D eigenvalue weighted by Crippen LogP contribution is -2.48. The SMILES string of the molecule is [B]c1c([B])c([B])c2c(c1[B])c1c([B])c(-c3ccc4c(c3)c3c(-c5ccccc5)cccc3n4-c3ccc4c5ccccc5n(-c5ccccc5)c4c3)c([B])c([B])c1n2-c1ccc(-c2ccccc2)cc1. The fraction of sp³-hybridized carbons (Fsp3) is 0. The standard InChI is InChI=1S/C60H32B7N3/c61-52-48(53(62)57(66)59-50(52)51-54(63)55(64)56(65)58(67)60(51)70(59)38-26-23-34(24-27-38)33-13-4-1-5-14-33)36-25-30-45-43(31-36)49-40(35-15-6-2-7-16-35)20-12-22-46(49)69(45)39-28-29-42-41-19-10-11-21-44(41)68(47(42)32-39)37-17-8-3-9-18-37/h1-32H. The lowest BCUT2D eigenvalue weighted by Gasteiger charge is -2.19. The zero-order valence-electron chi connectivity index (χ0n) is 37.9. The molecule has 0 atom stereocenters. The number of aromatic nitrogens is 3. The van der Waals surface area contributed by atoms with Crippen molar-refractivity contribution in [2.75, 3.05) is 0 Å². The van der Waals surface area contributed by atoms with Crippen LogP contribution in [-0.4, -0.2) is 68.6 Å². The molecule has 0 saturated carbocycles. The van der Waals surface area contributed by atoms with Crippen molar-refractivity contribution >= 4 is 159 Å². The van der Waals surface area contributed by atoms with E-state index in [1.807, 2.05) is 41.0 Å². The first-order valence-electron chi connectivity index (χ1n) is 23.1. The van der Waals surface area contributed by atoms with E-state index < -0.39 is 0 Å². The van der Waals surface area contributed by atoms with E-state index in [9.17, 15) is 0 Å². The van der Waals surface area contributed by atoms with Crippen molar-refractivity contribution in [3.63, 3.8) is 0 Å². The number of fused-ring (bicyclic) bond motifs is 9. The summed E-state index contributed by atoms with van der Waals surface area (Å²) in [4.78, 5) is 0. The first-order valence-corrected chi connectivity index (χ1v) is 23.1. The van der Waals surface area contributed by atoms with E-state index in [1.165, 1.54) is 10.8 Å². The van der Waals surface area contributed by atoms with Gasteiger partial charge in [0, 0.05) is 55.0 Å². The van der Waals surface area contributed by atoms with Crippen LogP contribution in [0.2, 0.25) is 0 Å². The molecular weight excluding hydrogens is 838 g/mol. The number of hydrogen-bond donors (Lipinski definition) is 0. The summed E-state index contributed by atoms with van der Waals surface area (Å²) >= 11 is 0. The van der Waals surface area contributed by atoms with Gasteiger partial charge in [-0.05, 0) is 99.4 Å². The van der Waals surface area contributed by atoms with E-state index in [2.05, 4.69) is 167 Å². The third-order valence-corrected chi connectivity index (χ3v) is 14.2. The van der Waals surface area contributed by atoms with Gasteiger partial charge in [0.2, 0.25) is 0 Å². The molecule has 0 bridgehead atoms. The number of para-hydroxylation sites is 2. The predicted octanol–water partition coefficient (Wildman–Crippen LogP) is 7.54. The van der Waals surface area contributed by atoms with Crippen LogP contribution in [0.5, 0.6) is 0 Å². The van der Waals surface area contributed by atoms with Gasteiger partial charge in [0.1, 0.15) is 54.9 Å². The van der Waals surface area contributed by atoms with Crippen molar-refractivity contribution in [1.82, 2.24) is 13.7 Å². The van der Waals surface area contributed by atoms with E-state index in [-0.39, 0.29) is 21.9 Å². The number of hydrogen-bond acceptors (Lipinski definition) is 0. The molecule has 0 unspecified atom stereocenters. The fourth-order valence-corrected chi connectivity index (χ4v) is 11.0. The summed E-state index contributed by atoms with van der Waals surface area (Å²) in [5.41, 5.74) is 15.8. The Morgan fingerprint density at radius 1 is 0.257 bits per heavy atom. The summed E-state index contributed by atoms with van der Waals surface area (Å²) in [7, 11) is 49.1. The van der Waals surface area contributed by atoms with Gasteiger partial charge in [-0.1, -0.05) is 161 Å². The van der Waals surface area contributed by atoms with Gasteiger partial charge in [-0.25, -0.2) is 0 Å². The Morgan fingerprint density at radius 3 is 1.50 bits per heavy atom. The second-order valence-electron chi connectivity index (χ2n) is 18.0. The average Bonchev–Trinajstić information content (AvgIpc) is 4.06. The van der Waals surface area contributed by atoms with Crippen LogP contribution >= 0.6 is 0 Å². The normalized spacial score (nSPS) is 11.8. The second kappa shape index (κ2) is 16.1. The van der Waals surface area contributed by atoms with Crippen molar-refractivity contribution in [2.24, 2.45) is 0 Å². The first-order chi connectivity index (χ1) is 34.2. The molecule has 0 N–H and O–H groups in total. The number of rotatable bonds is 6. The molecule has 308 valence electrons. The molecule has 14 radical (unpaired) electrons. The van der Waals surface area contributed by atoms with Crippen LogP contribution in [0.4, 0.5) is 0 Å². The van der Waals surface area contributed by atoms with Crippen LogP contribution in [0.1, 0.15) is 0 Å². The predicted molar refractivity (Wildman–Crippen MR) is 303 cm³/mol. The molecule has 0 saturated heterocycles. The summed E-state index contributed by atoms with van der Waals surface area (Å²) in [6.07, 6.45) is 0. The summed E-state index contributed by atoms with van der Waals surface area (Å²) in [5, 5.41) is 5.58. The van der Waals surface area contributed by atoms with Gasteiger partial charge in [-0.15, -0.1) is 10.9 Å². The van der Waals surface area contributed by atoms with Gasteiger partial charge in [-0.3, -0.25) is 0 Å². The van der Waals surface area contributed by atoms with E-state index in [0.717, 1.165) is 77.7 Å². The van der Waals surface area contributed by atoms with Gasteiger partial charge in [0.15, 0.2) is 0 Å². The van der Waals surface area contributed by atoms with Crippen LogP contribution in [0.3, 0.4) is 0 Å². The van der Waals surface area contributed by atoms with E-state index in [4.69, 9.17) is 54.9 Å². The van der Waals surface area contributed by atoms with Crippen LogP contribution in [-0.2, 0) is 0 Å². The molecule has 13 aromatic rings. The third kappa shape index (κ3) is 6.12. The van der Waals surface area contributed by atoms with Crippen LogP contribution in [0.25, 0.3) is 116 Å². The molecule has 70 heavy (non-hydrogen) atoms. The first kappa shape index (κ1) is 42.2. The maximum atomic E-state index is 7.48. The van der Waals surface area contributed by atoms with E-state index in [0.29, 0.717) is 43.8 Å². The van der Waals surface area contributed by atoms with E-state index >= 15 is 0 Å². The highest BCUT2D eigenvalue weighted by molar-refractivity contribution is 6.69. The van der Waals surface area contributed by atoms with Crippen molar-refractivity contribution < 1.29 is 0 Å². The Hall–Kier alpha value is -7.95. The van der Waals surface area contributed by atoms with Crippen molar-refractivity contribution in [1.29, 1.82) is 0 Å². The van der Waals surface area contributed by atoms with Crippen molar-refractivity contribution in [2.45, 2.75) is 0 Å². The maximum absolute atomic E-state index is 7.48. The number of nitrogens with zero attached hydrogens (tertiary/aromatic N) is 3. The van der Waals surface area contributed by atoms with Gasteiger partial charge in [0.05, 0.1) is 22.1 Å². The Bertz CT molecular complexity index is 4290. The zero-order chi connectivity index (χ0) is 47.5. The Balaban J connectivity index is 1.08. The molecule has 13 rings (SSSR count).